The Morgan fingerprint density at radius 3 is 2.60 bits per heavy atom. The molecule has 0 fully saturated rings. The molecule has 156 valence electrons. The number of rotatable bonds is 7. The smallest absolute Gasteiger partial charge is 0.322 e. The Morgan fingerprint density at radius 2 is 1.93 bits per heavy atom. The number of thiazole rings is 1. The zero-order chi connectivity index (χ0) is 21.5. The number of anilines is 1. The summed E-state index contributed by atoms with van der Waals surface area (Å²) in [5, 5.41) is 8.64. The Balaban J connectivity index is 1.60. The van der Waals surface area contributed by atoms with Crippen LogP contribution in [-0.2, 0) is 13.1 Å². The highest BCUT2D eigenvalue weighted by molar-refractivity contribution is 7.09. The van der Waals surface area contributed by atoms with Crippen LogP contribution < -0.4 is 10.6 Å². The Bertz CT molecular complexity index is 992. The van der Waals surface area contributed by atoms with Gasteiger partial charge < -0.3 is 15.5 Å². The van der Waals surface area contributed by atoms with Gasteiger partial charge in [0.2, 0.25) is 0 Å². The molecule has 0 atom stereocenters. The second-order valence-corrected chi connectivity index (χ2v) is 8.17. The molecule has 2 aromatic heterocycles. The largest absolute Gasteiger partial charge is 0.345 e. The number of halogens is 1. The zero-order valence-electron chi connectivity index (χ0n) is 16.6. The minimum absolute atomic E-state index is 0.0531. The number of hydrogen-bond acceptors (Lipinski definition) is 5. The van der Waals surface area contributed by atoms with E-state index in [0.29, 0.717) is 34.5 Å². The van der Waals surface area contributed by atoms with Gasteiger partial charge in [-0.05, 0) is 50.2 Å². The maximum absolute atomic E-state index is 12.7. The maximum atomic E-state index is 12.7. The van der Waals surface area contributed by atoms with Crippen LogP contribution in [0.3, 0.4) is 0 Å². The fraction of sp³-hybridized carbons (Fsp3) is 0.238. The van der Waals surface area contributed by atoms with E-state index in [4.69, 9.17) is 11.6 Å². The van der Waals surface area contributed by atoms with Crippen molar-refractivity contribution in [2.75, 3.05) is 5.32 Å². The van der Waals surface area contributed by atoms with E-state index >= 15 is 0 Å². The van der Waals surface area contributed by atoms with E-state index in [1.165, 1.54) is 11.3 Å². The topological polar surface area (TPSA) is 87.2 Å². The van der Waals surface area contributed by atoms with Crippen molar-refractivity contribution in [2.45, 2.75) is 33.0 Å². The first kappa shape index (κ1) is 21.7. The Kier molecular flexibility index (Phi) is 7.37. The van der Waals surface area contributed by atoms with Crippen molar-refractivity contribution in [2.24, 2.45) is 0 Å². The van der Waals surface area contributed by atoms with Gasteiger partial charge in [-0.25, -0.2) is 9.78 Å². The SMILES string of the molecule is CC(C)N(Cc1nc(C(=O)NCc2ccccn2)cs1)C(=O)Nc1ccc(Cl)cc1. The molecule has 7 nitrogen and oxygen atoms in total. The highest BCUT2D eigenvalue weighted by Gasteiger charge is 2.20. The molecule has 0 spiro atoms. The first-order valence-electron chi connectivity index (χ1n) is 9.38. The summed E-state index contributed by atoms with van der Waals surface area (Å²) in [6, 6.07) is 12.1. The number of pyridine rings is 1. The van der Waals surface area contributed by atoms with Crippen molar-refractivity contribution in [1.82, 2.24) is 20.2 Å². The monoisotopic (exact) mass is 443 g/mol. The molecule has 0 bridgehead atoms. The van der Waals surface area contributed by atoms with Crippen LogP contribution in [0.2, 0.25) is 5.02 Å². The van der Waals surface area contributed by atoms with Crippen molar-refractivity contribution < 1.29 is 9.59 Å². The highest BCUT2D eigenvalue weighted by atomic mass is 35.5. The van der Waals surface area contributed by atoms with Crippen molar-refractivity contribution in [3.63, 3.8) is 0 Å². The van der Waals surface area contributed by atoms with E-state index in [9.17, 15) is 9.59 Å². The first-order chi connectivity index (χ1) is 14.4. The molecule has 0 saturated heterocycles. The minimum Gasteiger partial charge on any atom is -0.345 e. The third-order valence-corrected chi connectivity index (χ3v) is 5.31. The summed E-state index contributed by atoms with van der Waals surface area (Å²) in [7, 11) is 0. The average molecular weight is 444 g/mol. The molecular formula is C21H22ClN5O2S. The molecule has 3 aromatic rings. The molecule has 3 amide bonds. The molecule has 0 saturated carbocycles. The molecule has 30 heavy (non-hydrogen) atoms. The molecule has 2 heterocycles. The summed E-state index contributed by atoms with van der Waals surface area (Å²) in [5.41, 5.74) is 1.75. The second kappa shape index (κ2) is 10.2. The number of benzene rings is 1. The lowest BCUT2D eigenvalue weighted by molar-refractivity contribution is 0.0946. The molecule has 0 aliphatic heterocycles. The number of hydrogen-bond donors (Lipinski definition) is 2. The van der Waals surface area contributed by atoms with E-state index in [2.05, 4.69) is 20.6 Å². The number of carbonyl (C=O) groups excluding carboxylic acids is 2. The van der Waals surface area contributed by atoms with E-state index in [1.807, 2.05) is 32.0 Å². The quantitative estimate of drug-likeness (QED) is 0.560. The van der Waals surface area contributed by atoms with Gasteiger partial charge in [0, 0.05) is 28.3 Å². The average Bonchev–Trinajstić information content (AvgIpc) is 3.21. The van der Waals surface area contributed by atoms with Gasteiger partial charge in [0.15, 0.2) is 0 Å². The third-order valence-electron chi connectivity index (χ3n) is 4.23. The Hall–Kier alpha value is -2.97. The maximum Gasteiger partial charge on any atom is 0.322 e. The van der Waals surface area contributed by atoms with Gasteiger partial charge in [0.05, 0.1) is 18.8 Å². The molecule has 0 aliphatic rings. The number of amides is 3. The fourth-order valence-electron chi connectivity index (χ4n) is 2.62. The molecule has 3 rings (SSSR count). The fourth-order valence-corrected chi connectivity index (χ4v) is 3.51. The molecule has 9 heteroatoms. The van der Waals surface area contributed by atoms with E-state index < -0.39 is 0 Å². The summed E-state index contributed by atoms with van der Waals surface area (Å²) >= 11 is 7.23. The van der Waals surface area contributed by atoms with Crippen LogP contribution >= 0.6 is 22.9 Å². The normalized spacial score (nSPS) is 10.7. The van der Waals surface area contributed by atoms with Crippen LogP contribution in [-0.4, -0.2) is 32.8 Å². The van der Waals surface area contributed by atoms with Crippen LogP contribution in [0.4, 0.5) is 10.5 Å². The standard InChI is InChI=1S/C21H22ClN5O2S/c1-14(2)27(21(29)25-16-8-6-15(22)7-9-16)12-19-26-18(13-30-19)20(28)24-11-17-5-3-4-10-23-17/h3-10,13-14H,11-12H2,1-2H3,(H,24,28)(H,25,29). The van der Waals surface area contributed by atoms with Gasteiger partial charge in [-0.1, -0.05) is 17.7 Å². The predicted octanol–water partition coefficient (Wildman–Crippen LogP) is 4.56. The van der Waals surface area contributed by atoms with Crippen LogP contribution in [0.25, 0.3) is 0 Å². The van der Waals surface area contributed by atoms with Crippen molar-refractivity contribution in [3.05, 3.63) is 75.5 Å². The molecule has 0 radical (unpaired) electrons. The van der Waals surface area contributed by atoms with Gasteiger partial charge in [-0.15, -0.1) is 11.3 Å². The van der Waals surface area contributed by atoms with Crippen molar-refractivity contribution in [1.29, 1.82) is 0 Å². The van der Waals surface area contributed by atoms with E-state index in [1.54, 1.807) is 40.7 Å². The molecule has 2 N–H and O–H groups in total. The molecule has 1 aromatic carbocycles. The highest BCUT2D eigenvalue weighted by Crippen LogP contribution is 2.18. The number of nitrogens with zero attached hydrogens (tertiary/aromatic N) is 3. The summed E-state index contributed by atoms with van der Waals surface area (Å²) in [5.74, 6) is -0.273. The van der Waals surface area contributed by atoms with Crippen LogP contribution in [0, 0.1) is 0 Å². The third kappa shape index (κ3) is 6.01. The predicted molar refractivity (Wildman–Crippen MR) is 119 cm³/mol. The van der Waals surface area contributed by atoms with E-state index in [0.717, 1.165) is 5.69 Å². The van der Waals surface area contributed by atoms with Gasteiger partial charge in [-0.3, -0.25) is 9.78 Å². The second-order valence-electron chi connectivity index (χ2n) is 6.79. The lowest BCUT2D eigenvalue weighted by Gasteiger charge is -2.26. The van der Waals surface area contributed by atoms with Gasteiger partial charge in [0.25, 0.3) is 5.91 Å². The van der Waals surface area contributed by atoms with Crippen molar-refractivity contribution in [3.8, 4) is 0 Å². The number of nitrogens with one attached hydrogen (secondary N) is 2. The van der Waals surface area contributed by atoms with Gasteiger partial charge >= 0.3 is 6.03 Å². The van der Waals surface area contributed by atoms with Crippen molar-refractivity contribution >= 4 is 40.6 Å². The Morgan fingerprint density at radius 1 is 1.17 bits per heavy atom. The zero-order valence-corrected chi connectivity index (χ0v) is 18.2. The summed E-state index contributed by atoms with van der Waals surface area (Å²) in [6.07, 6.45) is 1.68. The lowest BCUT2D eigenvalue weighted by atomic mass is 10.3. The Labute approximate surface area is 184 Å². The molecule has 0 aliphatic carbocycles. The summed E-state index contributed by atoms with van der Waals surface area (Å²) in [4.78, 5) is 35.3. The first-order valence-corrected chi connectivity index (χ1v) is 10.6. The molecule has 0 unspecified atom stereocenters. The van der Waals surface area contributed by atoms with Crippen LogP contribution in [0.1, 0.15) is 35.0 Å². The summed E-state index contributed by atoms with van der Waals surface area (Å²) in [6.45, 7) is 4.48. The molecular weight excluding hydrogens is 422 g/mol. The number of urea groups is 1. The van der Waals surface area contributed by atoms with Crippen LogP contribution in [0.15, 0.2) is 54.0 Å². The number of aromatic nitrogens is 2. The number of carbonyl (C=O) groups is 2. The lowest BCUT2D eigenvalue weighted by Crippen LogP contribution is -2.39. The van der Waals surface area contributed by atoms with Crippen LogP contribution in [0.5, 0.6) is 0 Å². The van der Waals surface area contributed by atoms with Gasteiger partial charge in [-0.2, -0.15) is 0 Å². The van der Waals surface area contributed by atoms with E-state index in [-0.39, 0.29) is 18.0 Å². The minimum atomic E-state index is -0.273. The summed E-state index contributed by atoms with van der Waals surface area (Å²) < 4.78 is 0. The van der Waals surface area contributed by atoms with Gasteiger partial charge in [0.1, 0.15) is 10.7 Å².